The van der Waals surface area contributed by atoms with Crippen LogP contribution in [0.25, 0.3) is 10.9 Å². The van der Waals surface area contributed by atoms with E-state index in [0.717, 1.165) is 35.9 Å². The molecular formula is C17H23NO2. The molecule has 0 aliphatic carbocycles. The number of nitrogens with zero attached hydrogens (tertiary/aromatic N) is 1. The number of carboxylic acid groups (broad SMARTS) is 1. The predicted octanol–water partition coefficient (Wildman–Crippen LogP) is 4.19. The lowest BCUT2D eigenvalue weighted by atomic mass is 10.00. The zero-order chi connectivity index (χ0) is 14.7. The predicted molar refractivity (Wildman–Crippen MR) is 82.3 cm³/mol. The molecule has 0 amide bonds. The molecule has 1 heterocycles. The van der Waals surface area contributed by atoms with E-state index >= 15 is 0 Å². The Hall–Kier alpha value is -1.77. The molecule has 1 aromatic carbocycles. The number of hydrogen-bond donors (Lipinski definition) is 1. The zero-order valence-electron chi connectivity index (χ0n) is 12.5. The molecule has 1 N–H and O–H groups in total. The highest BCUT2D eigenvalue weighted by Crippen LogP contribution is 2.27. The topological polar surface area (TPSA) is 42.2 Å². The Morgan fingerprint density at radius 1 is 1.35 bits per heavy atom. The lowest BCUT2D eigenvalue weighted by Crippen LogP contribution is -1.99. The molecule has 0 bridgehead atoms. The quantitative estimate of drug-likeness (QED) is 0.857. The number of carboxylic acids is 1. The molecule has 0 spiro atoms. The summed E-state index contributed by atoms with van der Waals surface area (Å²) in [5.74, 6) is -0.314. The van der Waals surface area contributed by atoms with Gasteiger partial charge in [-0.3, -0.25) is 4.79 Å². The van der Waals surface area contributed by atoms with Gasteiger partial charge in [0.15, 0.2) is 0 Å². The summed E-state index contributed by atoms with van der Waals surface area (Å²) in [7, 11) is 0. The molecule has 0 saturated carbocycles. The van der Waals surface area contributed by atoms with E-state index in [2.05, 4.69) is 43.5 Å². The van der Waals surface area contributed by atoms with Crippen molar-refractivity contribution in [3.05, 3.63) is 35.5 Å². The molecule has 0 saturated heterocycles. The van der Waals surface area contributed by atoms with E-state index in [9.17, 15) is 4.79 Å². The average molecular weight is 273 g/mol. The zero-order valence-corrected chi connectivity index (χ0v) is 12.5. The van der Waals surface area contributed by atoms with Gasteiger partial charge in [-0.2, -0.15) is 0 Å². The Bertz CT molecular complexity index is 611. The van der Waals surface area contributed by atoms with Gasteiger partial charge in [0.1, 0.15) is 0 Å². The van der Waals surface area contributed by atoms with Gasteiger partial charge in [-0.1, -0.05) is 33.3 Å². The molecule has 0 unspecified atom stereocenters. The largest absolute Gasteiger partial charge is 0.481 e. The van der Waals surface area contributed by atoms with Gasteiger partial charge in [-0.15, -0.1) is 0 Å². The van der Waals surface area contributed by atoms with Crippen molar-refractivity contribution < 1.29 is 9.90 Å². The van der Waals surface area contributed by atoms with Crippen LogP contribution in [0.3, 0.4) is 0 Å². The first-order chi connectivity index (χ1) is 9.52. The summed E-state index contributed by atoms with van der Waals surface area (Å²) in [5, 5.41) is 10.2. The first-order valence-electron chi connectivity index (χ1n) is 7.36. The van der Waals surface area contributed by atoms with Crippen LogP contribution in [0.4, 0.5) is 0 Å². The fourth-order valence-electron chi connectivity index (χ4n) is 2.56. The highest BCUT2D eigenvalue weighted by Gasteiger charge is 2.12. The molecule has 1 aromatic heterocycles. The van der Waals surface area contributed by atoms with Crippen LogP contribution in [-0.2, 0) is 17.8 Å². The summed E-state index contributed by atoms with van der Waals surface area (Å²) in [5.41, 5.74) is 3.34. The third kappa shape index (κ3) is 3.03. The molecule has 0 fully saturated rings. The molecule has 0 radical (unpaired) electrons. The van der Waals surface area contributed by atoms with Gasteiger partial charge in [-0.25, -0.2) is 0 Å². The fraction of sp³-hybridized carbons (Fsp3) is 0.471. The van der Waals surface area contributed by atoms with Crippen molar-refractivity contribution in [2.75, 3.05) is 0 Å². The lowest BCUT2D eigenvalue weighted by molar-refractivity contribution is -0.136. The Kier molecular flexibility index (Phi) is 4.48. The maximum absolute atomic E-state index is 11.0. The summed E-state index contributed by atoms with van der Waals surface area (Å²) >= 11 is 0. The van der Waals surface area contributed by atoms with Crippen LogP contribution in [-0.4, -0.2) is 15.6 Å². The third-order valence-electron chi connectivity index (χ3n) is 3.75. The normalized spacial score (nSPS) is 11.4. The second kappa shape index (κ2) is 6.12. The molecule has 108 valence electrons. The Labute approximate surface area is 120 Å². The number of carbonyl (C=O) groups is 1. The summed E-state index contributed by atoms with van der Waals surface area (Å²) in [6, 6.07) is 6.44. The Balaban J connectivity index is 2.51. The lowest BCUT2D eigenvalue weighted by Gasteiger charge is -2.07. The van der Waals surface area contributed by atoms with Gasteiger partial charge in [0.25, 0.3) is 0 Å². The number of aromatic nitrogens is 1. The van der Waals surface area contributed by atoms with Crippen LogP contribution >= 0.6 is 0 Å². The number of benzene rings is 1. The molecule has 2 aromatic rings. The number of aliphatic carboxylic acids is 1. The maximum Gasteiger partial charge on any atom is 0.307 e. The summed E-state index contributed by atoms with van der Waals surface area (Å²) in [4.78, 5) is 11.0. The van der Waals surface area contributed by atoms with Crippen molar-refractivity contribution in [2.24, 2.45) is 0 Å². The van der Waals surface area contributed by atoms with Crippen molar-refractivity contribution in [1.29, 1.82) is 0 Å². The van der Waals surface area contributed by atoms with E-state index in [0.29, 0.717) is 5.92 Å². The van der Waals surface area contributed by atoms with E-state index in [1.165, 1.54) is 5.56 Å². The molecule has 3 heteroatoms. The second-order valence-electron chi connectivity index (χ2n) is 5.70. The van der Waals surface area contributed by atoms with Crippen LogP contribution in [0.15, 0.2) is 24.4 Å². The molecule has 3 nitrogen and oxygen atoms in total. The van der Waals surface area contributed by atoms with Crippen LogP contribution in [0.1, 0.15) is 50.7 Å². The van der Waals surface area contributed by atoms with Gasteiger partial charge in [0, 0.05) is 23.6 Å². The van der Waals surface area contributed by atoms with Crippen molar-refractivity contribution in [3.63, 3.8) is 0 Å². The number of rotatable bonds is 6. The van der Waals surface area contributed by atoms with Gasteiger partial charge in [0.05, 0.1) is 6.42 Å². The van der Waals surface area contributed by atoms with E-state index in [4.69, 9.17) is 5.11 Å². The number of aryl methyl sites for hydroxylation is 1. The minimum absolute atomic E-state index is 0.0944. The van der Waals surface area contributed by atoms with E-state index in [1.807, 2.05) is 6.20 Å². The van der Waals surface area contributed by atoms with E-state index in [-0.39, 0.29) is 6.42 Å². The maximum atomic E-state index is 11.0. The first-order valence-corrected chi connectivity index (χ1v) is 7.36. The molecule has 0 aliphatic rings. The number of unbranched alkanes of at least 4 members (excludes halogenated alkanes) is 1. The minimum Gasteiger partial charge on any atom is -0.481 e. The highest BCUT2D eigenvalue weighted by molar-refractivity contribution is 5.88. The van der Waals surface area contributed by atoms with Gasteiger partial charge < -0.3 is 9.67 Å². The molecular weight excluding hydrogens is 250 g/mol. The number of hydrogen-bond acceptors (Lipinski definition) is 1. The van der Waals surface area contributed by atoms with E-state index < -0.39 is 5.97 Å². The van der Waals surface area contributed by atoms with Gasteiger partial charge in [-0.05, 0) is 35.6 Å². The third-order valence-corrected chi connectivity index (χ3v) is 3.75. The minimum atomic E-state index is -0.769. The summed E-state index contributed by atoms with van der Waals surface area (Å²) in [6.45, 7) is 7.44. The van der Waals surface area contributed by atoms with Crippen LogP contribution < -0.4 is 0 Å². The summed E-state index contributed by atoms with van der Waals surface area (Å²) in [6.07, 6.45) is 4.36. The van der Waals surface area contributed by atoms with E-state index in [1.54, 1.807) is 0 Å². The molecule has 2 rings (SSSR count). The van der Waals surface area contributed by atoms with Gasteiger partial charge >= 0.3 is 5.97 Å². The van der Waals surface area contributed by atoms with Crippen molar-refractivity contribution in [2.45, 2.75) is 52.5 Å². The average Bonchev–Trinajstić information content (AvgIpc) is 2.73. The van der Waals surface area contributed by atoms with Crippen LogP contribution in [0.2, 0.25) is 0 Å². The van der Waals surface area contributed by atoms with Gasteiger partial charge in [0.2, 0.25) is 0 Å². The molecule has 0 atom stereocenters. The fourth-order valence-corrected chi connectivity index (χ4v) is 2.56. The van der Waals surface area contributed by atoms with Crippen molar-refractivity contribution in [3.8, 4) is 0 Å². The summed E-state index contributed by atoms with van der Waals surface area (Å²) < 4.78 is 2.20. The van der Waals surface area contributed by atoms with Crippen LogP contribution in [0.5, 0.6) is 0 Å². The van der Waals surface area contributed by atoms with Crippen molar-refractivity contribution in [1.82, 2.24) is 4.57 Å². The molecule has 20 heavy (non-hydrogen) atoms. The standard InChI is InChI=1S/C17H23NO2/c1-4-5-8-18-11-14(10-17(19)20)15-9-13(12(2)3)6-7-16(15)18/h6-7,9,11-12H,4-5,8,10H2,1-3H3,(H,19,20). The van der Waals surface area contributed by atoms with Crippen molar-refractivity contribution >= 4 is 16.9 Å². The Morgan fingerprint density at radius 2 is 2.10 bits per heavy atom. The smallest absolute Gasteiger partial charge is 0.307 e. The molecule has 0 aliphatic heterocycles. The monoisotopic (exact) mass is 273 g/mol. The highest BCUT2D eigenvalue weighted by atomic mass is 16.4. The first kappa shape index (κ1) is 14.6. The van der Waals surface area contributed by atoms with Crippen LogP contribution in [0, 0.1) is 0 Å². The SMILES string of the molecule is CCCCn1cc(CC(=O)O)c2cc(C(C)C)ccc21. The Morgan fingerprint density at radius 3 is 2.70 bits per heavy atom. The number of fused-ring (bicyclic) bond motifs is 1. The second-order valence-corrected chi connectivity index (χ2v) is 5.70.